The summed E-state index contributed by atoms with van der Waals surface area (Å²) in [6.45, 7) is 2.18. The van der Waals surface area contributed by atoms with Crippen molar-refractivity contribution >= 4 is 11.9 Å². The lowest BCUT2D eigenvalue weighted by molar-refractivity contribution is 0.0625. The standard InChI is InChI=1S/C15H20N2O3/c1-10-5-3-4-6-13(10)17(2)14(18)11-7-8-12(15(19)20)16-9-11/h7-10,13H,3-6H2,1-2H3,(H,19,20)/t10-,13+/m1/s1. The second-order valence-electron chi connectivity index (χ2n) is 5.48. The average Bonchev–Trinajstić information content (AvgIpc) is 2.46. The van der Waals surface area contributed by atoms with Crippen molar-refractivity contribution in [1.29, 1.82) is 0 Å². The minimum atomic E-state index is -1.08. The molecular weight excluding hydrogens is 256 g/mol. The Morgan fingerprint density at radius 1 is 1.30 bits per heavy atom. The normalized spacial score (nSPS) is 22.3. The molecule has 2 rings (SSSR count). The van der Waals surface area contributed by atoms with Gasteiger partial charge in [0.15, 0.2) is 0 Å². The molecule has 0 spiro atoms. The van der Waals surface area contributed by atoms with Crippen LogP contribution >= 0.6 is 0 Å². The Balaban J connectivity index is 2.11. The van der Waals surface area contributed by atoms with Crippen LogP contribution in [0.1, 0.15) is 53.5 Å². The monoisotopic (exact) mass is 276 g/mol. The van der Waals surface area contributed by atoms with Gasteiger partial charge < -0.3 is 10.0 Å². The van der Waals surface area contributed by atoms with E-state index in [4.69, 9.17) is 5.11 Å². The van der Waals surface area contributed by atoms with Gasteiger partial charge in [0.2, 0.25) is 0 Å². The number of rotatable bonds is 3. The Hall–Kier alpha value is -1.91. The van der Waals surface area contributed by atoms with E-state index in [2.05, 4.69) is 11.9 Å². The van der Waals surface area contributed by atoms with Crippen LogP contribution in [0.3, 0.4) is 0 Å². The summed E-state index contributed by atoms with van der Waals surface area (Å²) in [5.41, 5.74) is 0.394. The van der Waals surface area contributed by atoms with Crippen LogP contribution in [0, 0.1) is 5.92 Å². The van der Waals surface area contributed by atoms with E-state index in [9.17, 15) is 9.59 Å². The summed E-state index contributed by atoms with van der Waals surface area (Å²) in [7, 11) is 1.82. The number of pyridine rings is 1. The first-order valence-electron chi connectivity index (χ1n) is 6.97. The molecule has 0 bridgehead atoms. The molecule has 1 aliphatic carbocycles. The Labute approximate surface area is 118 Å². The highest BCUT2D eigenvalue weighted by Crippen LogP contribution is 2.28. The van der Waals surface area contributed by atoms with Crippen LogP contribution < -0.4 is 0 Å². The molecule has 1 N–H and O–H groups in total. The topological polar surface area (TPSA) is 70.5 Å². The van der Waals surface area contributed by atoms with Gasteiger partial charge in [0.25, 0.3) is 5.91 Å². The third-order valence-corrected chi connectivity index (χ3v) is 4.11. The van der Waals surface area contributed by atoms with Crippen LogP contribution in [0.2, 0.25) is 0 Å². The lowest BCUT2D eigenvalue weighted by Gasteiger charge is -2.36. The third kappa shape index (κ3) is 2.98. The number of hydrogen-bond donors (Lipinski definition) is 1. The van der Waals surface area contributed by atoms with E-state index >= 15 is 0 Å². The van der Waals surface area contributed by atoms with Crippen molar-refractivity contribution in [2.75, 3.05) is 7.05 Å². The van der Waals surface area contributed by atoms with Gasteiger partial charge >= 0.3 is 5.97 Å². The molecule has 0 radical (unpaired) electrons. The minimum absolute atomic E-state index is 0.0461. The second kappa shape index (κ2) is 6.03. The summed E-state index contributed by atoms with van der Waals surface area (Å²) in [5, 5.41) is 8.80. The largest absolute Gasteiger partial charge is 0.477 e. The fraction of sp³-hybridized carbons (Fsp3) is 0.533. The lowest BCUT2D eigenvalue weighted by atomic mass is 9.85. The van der Waals surface area contributed by atoms with Gasteiger partial charge in [-0.3, -0.25) is 4.79 Å². The quantitative estimate of drug-likeness (QED) is 0.920. The van der Waals surface area contributed by atoms with E-state index in [0.29, 0.717) is 11.5 Å². The summed E-state index contributed by atoms with van der Waals surface area (Å²) in [4.78, 5) is 28.7. The first kappa shape index (κ1) is 14.5. The third-order valence-electron chi connectivity index (χ3n) is 4.11. The number of carbonyl (C=O) groups is 2. The molecule has 1 aromatic rings. The van der Waals surface area contributed by atoms with E-state index in [1.165, 1.54) is 24.8 Å². The molecule has 20 heavy (non-hydrogen) atoms. The highest BCUT2D eigenvalue weighted by atomic mass is 16.4. The fourth-order valence-electron chi connectivity index (χ4n) is 2.87. The van der Waals surface area contributed by atoms with Crippen molar-refractivity contribution in [3.8, 4) is 0 Å². The number of carbonyl (C=O) groups excluding carboxylic acids is 1. The molecule has 1 saturated carbocycles. The highest BCUT2D eigenvalue weighted by molar-refractivity contribution is 5.95. The first-order valence-corrected chi connectivity index (χ1v) is 6.97. The zero-order valence-electron chi connectivity index (χ0n) is 11.9. The number of amides is 1. The van der Waals surface area contributed by atoms with Gasteiger partial charge in [0.05, 0.1) is 5.56 Å². The maximum absolute atomic E-state index is 12.4. The number of carboxylic acid groups (broad SMARTS) is 1. The molecule has 1 aliphatic rings. The van der Waals surface area contributed by atoms with E-state index in [1.54, 1.807) is 4.90 Å². The number of aromatic nitrogens is 1. The Morgan fingerprint density at radius 2 is 2.00 bits per heavy atom. The van der Waals surface area contributed by atoms with Crippen LogP contribution in [0.5, 0.6) is 0 Å². The second-order valence-corrected chi connectivity index (χ2v) is 5.48. The minimum Gasteiger partial charge on any atom is -0.477 e. The Morgan fingerprint density at radius 3 is 2.55 bits per heavy atom. The molecule has 1 fully saturated rings. The van der Waals surface area contributed by atoms with Crippen LogP contribution in [-0.2, 0) is 0 Å². The summed E-state index contributed by atoms with van der Waals surface area (Å²) < 4.78 is 0. The van der Waals surface area contributed by atoms with Gasteiger partial charge in [0.1, 0.15) is 5.69 Å². The lowest BCUT2D eigenvalue weighted by Crippen LogP contribution is -2.42. The SMILES string of the molecule is C[C@@H]1CCCC[C@@H]1N(C)C(=O)c1ccc(C(=O)O)nc1. The van der Waals surface area contributed by atoms with Crippen molar-refractivity contribution in [1.82, 2.24) is 9.88 Å². The average molecular weight is 276 g/mol. The van der Waals surface area contributed by atoms with Crippen molar-refractivity contribution in [3.63, 3.8) is 0 Å². The zero-order valence-corrected chi connectivity index (χ0v) is 11.9. The van der Waals surface area contributed by atoms with Crippen molar-refractivity contribution in [3.05, 3.63) is 29.6 Å². The number of carboxylic acids is 1. The molecule has 5 nitrogen and oxygen atoms in total. The number of nitrogens with zero attached hydrogens (tertiary/aromatic N) is 2. The molecule has 1 aromatic heterocycles. The number of aromatic carboxylic acids is 1. The summed E-state index contributed by atoms with van der Waals surface area (Å²) in [6, 6.07) is 3.16. The van der Waals surface area contributed by atoms with Gasteiger partial charge in [0, 0.05) is 19.3 Å². The van der Waals surface area contributed by atoms with Crippen molar-refractivity contribution in [2.24, 2.45) is 5.92 Å². The molecule has 0 saturated heterocycles. The molecular formula is C15H20N2O3. The molecule has 0 aromatic carbocycles. The molecule has 1 amide bonds. The Kier molecular flexibility index (Phi) is 4.37. The van der Waals surface area contributed by atoms with Gasteiger partial charge in [-0.15, -0.1) is 0 Å². The molecule has 108 valence electrons. The maximum atomic E-state index is 12.4. The van der Waals surface area contributed by atoms with E-state index in [-0.39, 0.29) is 17.6 Å². The van der Waals surface area contributed by atoms with Crippen LogP contribution in [0.4, 0.5) is 0 Å². The Bertz CT molecular complexity index is 498. The zero-order chi connectivity index (χ0) is 14.7. The van der Waals surface area contributed by atoms with E-state index in [0.717, 1.165) is 19.3 Å². The van der Waals surface area contributed by atoms with Crippen molar-refractivity contribution in [2.45, 2.75) is 38.6 Å². The van der Waals surface area contributed by atoms with Gasteiger partial charge in [-0.05, 0) is 30.9 Å². The predicted molar refractivity (Wildman–Crippen MR) is 74.7 cm³/mol. The maximum Gasteiger partial charge on any atom is 0.354 e. The fourth-order valence-corrected chi connectivity index (χ4v) is 2.87. The molecule has 2 atom stereocenters. The first-order chi connectivity index (χ1) is 9.50. The van der Waals surface area contributed by atoms with Crippen LogP contribution in [-0.4, -0.2) is 40.0 Å². The molecule has 1 heterocycles. The van der Waals surface area contributed by atoms with Gasteiger partial charge in [-0.25, -0.2) is 9.78 Å². The smallest absolute Gasteiger partial charge is 0.354 e. The van der Waals surface area contributed by atoms with Crippen LogP contribution in [0.25, 0.3) is 0 Å². The van der Waals surface area contributed by atoms with Crippen LogP contribution in [0.15, 0.2) is 18.3 Å². The number of hydrogen-bond acceptors (Lipinski definition) is 3. The van der Waals surface area contributed by atoms with Crippen molar-refractivity contribution < 1.29 is 14.7 Å². The summed E-state index contributed by atoms with van der Waals surface area (Å²) in [6.07, 6.45) is 5.91. The predicted octanol–water partition coefficient (Wildman–Crippen LogP) is 2.43. The summed E-state index contributed by atoms with van der Waals surface area (Å²) in [5.74, 6) is -0.671. The van der Waals surface area contributed by atoms with E-state index in [1.807, 2.05) is 7.05 Å². The van der Waals surface area contributed by atoms with Gasteiger partial charge in [-0.2, -0.15) is 0 Å². The molecule has 5 heteroatoms. The molecule has 0 aliphatic heterocycles. The summed E-state index contributed by atoms with van der Waals surface area (Å²) >= 11 is 0. The van der Waals surface area contributed by atoms with Gasteiger partial charge in [-0.1, -0.05) is 19.8 Å². The molecule has 0 unspecified atom stereocenters. The highest BCUT2D eigenvalue weighted by Gasteiger charge is 2.28. The van der Waals surface area contributed by atoms with E-state index < -0.39 is 5.97 Å².